The number of amides is 3. The van der Waals surface area contributed by atoms with Crippen LogP contribution in [-0.4, -0.2) is 49.7 Å². The summed E-state index contributed by atoms with van der Waals surface area (Å²) in [4.78, 5) is 28.2. The van der Waals surface area contributed by atoms with E-state index in [2.05, 4.69) is 22.0 Å². The Morgan fingerprint density at radius 3 is 2.51 bits per heavy atom. The van der Waals surface area contributed by atoms with Gasteiger partial charge >= 0.3 is 6.03 Å². The summed E-state index contributed by atoms with van der Waals surface area (Å²) >= 11 is 5.96. The van der Waals surface area contributed by atoms with Crippen LogP contribution < -0.4 is 16.0 Å². The number of urea groups is 1. The van der Waals surface area contributed by atoms with Gasteiger partial charge in [0.25, 0.3) is 0 Å². The molecule has 0 aromatic heterocycles. The van der Waals surface area contributed by atoms with E-state index in [0.717, 1.165) is 24.0 Å². The van der Waals surface area contributed by atoms with E-state index in [9.17, 15) is 14.9 Å². The molecule has 5 rings (SSSR count). The molecule has 2 fully saturated rings. The molecule has 2 aliphatic rings. The average Bonchev–Trinajstić information content (AvgIpc) is 3.75. The van der Waals surface area contributed by atoms with Crippen LogP contribution in [0, 0.1) is 23.1 Å². The lowest BCUT2D eigenvalue weighted by Gasteiger charge is -2.36. The maximum absolute atomic E-state index is 15.3. The molecule has 224 valence electrons. The minimum Gasteiger partial charge on any atom is -0.380 e. The summed E-state index contributed by atoms with van der Waals surface area (Å²) in [7, 11) is 3.39. The number of carbonyl (C=O) groups excluding carboxylic acids is 2. The Hall–Kier alpha value is -3.97. The Morgan fingerprint density at radius 1 is 1.09 bits per heavy atom. The normalized spacial score (nSPS) is 19.4. The lowest BCUT2D eigenvalue weighted by atomic mass is 9.78. The van der Waals surface area contributed by atoms with Gasteiger partial charge in [0.2, 0.25) is 5.91 Å². The standard InChI is InChI=1S/C33H35ClFN5O3/c1-37-33(15-14-21-6-7-21,23-5-3-4-22(16-23)19-36)24-8-13-28(35)29(17-24)39-31(41)30-18-27(43-2)20-40(30)32(42)38-26-11-9-25(34)10-12-26/h3-5,8-13,16-17,21,27,30,37H,6-7,14-15,18,20H2,1-2H3,(H,38,42)(H,39,41)/t27-,30-,33?/m0/s1. The van der Waals surface area contributed by atoms with Crippen molar-refractivity contribution >= 4 is 34.9 Å². The number of likely N-dealkylation sites (tertiary alicyclic amines) is 1. The zero-order valence-corrected chi connectivity index (χ0v) is 25.0. The molecule has 3 N–H and O–H groups in total. The molecular weight excluding hydrogens is 569 g/mol. The van der Waals surface area contributed by atoms with Gasteiger partial charge in [-0.1, -0.05) is 42.6 Å². The summed E-state index contributed by atoms with van der Waals surface area (Å²) in [5.41, 5.74) is 2.03. The second-order valence-electron chi connectivity index (χ2n) is 11.2. The van der Waals surface area contributed by atoms with Gasteiger partial charge in [0.05, 0.1) is 29.0 Å². The molecule has 10 heteroatoms. The van der Waals surface area contributed by atoms with Gasteiger partial charge in [0.1, 0.15) is 11.9 Å². The first-order valence-electron chi connectivity index (χ1n) is 14.4. The number of nitriles is 1. The largest absolute Gasteiger partial charge is 0.380 e. The molecule has 3 aromatic rings. The molecule has 1 aliphatic heterocycles. The van der Waals surface area contributed by atoms with Crippen LogP contribution in [0.2, 0.25) is 5.02 Å². The number of anilines is 2. The first-order valence-corrected chi connectivity index (χ1v) is 14.8. The number of carbonyl (C=O) groups is 2. The highest BCUT2D eigenvalue weighted by atomic mass is 35.5. The summed E-state index contributed by atoms with van der Waals surface area (Å²) < 4.78 is 20.8. The van der Waals surface area contributed by atoms with Gasteiger partial charge in [0, 0.05) is 30.8 Å². The van der Waals surface area contributed by atoms with Crippen molar-refractivity contribution < 1.29 is 18.7 Å². The molecule has 1 saturated heterocycles. The van der Waals surface area contributed by atoms with Crippen LogP contribution in [0.25, 0.3) is 0 Å². The fourth-order valence-electron chi connectivity index (χ4n) is 5.82. The fourth-order valence-corrected chi connectivity index (χ4v) is 5.95. The number of halogens is 2. The lowest BCUT2D eigenvalue weighted by molar-refractivity contribution is -0.119. The number of hydrogen-bond donors (Lipinski definition) is 3. The van der Waals surface area contributed by atoms with E-state index in [1.54, 1.807) is 42.5 Å². The monoisotopic (exact) mass is 603 g/mol. The first-order chi connectivity index (χ1) is 20.8. The minimum atomic E-state index is -0.878. The summed E-state index contributed by atoms with van der Waals surface area (Å²) in [6.45, 7) is 0.204. The molecule has 0 spiro atoms. The van der Waals surface area contributed by atoms with Crippen molar-refractivity contribution in [1.82, 2.24) is 10.2 Å². The van der Waals surface area contributed by atoms with Crippen molar-refractivity contribution in [1.29, 1.82) is 5.26 Å². The van der Waals surface area contributed by atoms with Crippen LogP contribution >= 0.6 is 11.6 Å². The Labute approximate surface area is 256 Å². The zero-order valence-electron chi connectivity index (χ0n) is 24.2. The number of nitrogens with one attached hydrogen (secondary N) is 3. The number of ether oxygens (including phenoxy) is 1. The number of benzene rings is 3. The molecular formula is C33H35ClFN5O3. The molecule has 1 saturated carbocycles. The zero-order chi connectivity index (χ0) is 30.6. The summed E-state index contributed by atoms with van der Waals surface area (Å²) in [5, 5.41) is 19.1. The van der Waals surface area contributed by atoms with E-state index in [0.29, 0.717) is 22.2 Å². The Bertz CT molecular complexity index is 1520. The molecule has 3 atom stereocenters. The van der Waals surface area contributed by atoms with Crippen molar-refractivity contribution in [2.75, 3.05) is 31.3 Å². The van der Waals surface area contributed by atoms with Crippen molar-refractivity contribution in [2.45, 2.75) is 49.8 Å². The van der Waals surface area contributed by atoms with Crippen LogP contribution in [0.5, 0.6) is 0 Å². The van der Waals surface area contributed by atoms with E-state index < -0.39 is 29.3 Å². The highest BCUT2D eigenvalue weighted by Crippen LogP contribution is 2.42. The van der Waals surface area contributed by atoms with Crippen molar-refractivity contribution in [3.8, 4) is 6.07 Å². The Kier molecular flexibility index (Phi) is 9.31. The maximum atomic E-state index is 15.3. The van der Waals surface area contributed by atoms with E-state index in [4.69, 9.17) is 16.3 Å². The molecule has 0 radical (unpaired) electrons. The SMILES string of the molecule is CNC(CCC1CC1)(c1cccc(C#N)c1)c1ccc(F)c(NC(=O)[C@@H]2C[C@H](OC)CN2C(=O)Nc2ccc(Cl)cc2)c1. The second-order valence-corrected chi connectivity index (χ2v) is 11.6. The van der Waals surface area contributed by atoms with Gasteiger partial charge in [-0.15, -0.1) is 0 Å². The molecule has 1 aliphatic carbocycles. The molecule has 3 aromatic carbocycles. The number of methoxy groups -OCH3 is 1. The van der Waals surface area contributed by atoms with Gasteiger partial charge in [-0.3, -0.25) is 4.79 Å². The predicted octanol–water partition coefficient (Wildman–Crippen LogP) is 6.26. The Balaban J connectivity index is 1.42. The lowest BCUT2D eigenvalue weighted by Crippen LogP contribution is -2.45. The van der Waals surface area contributed by atoms with E-state index in [1.165, 1.54) is 30.9 Å². The van der Waals surface area contributed by atoms with Gasteiger partial charge in [-0.25, -0.2) is 9.18 Å². The van der Waals surface area contributed by atoms with Crippen molar-refractivity contribution in [3.05, 3.63) is 94.3 Å². The van der Waals surface area contributed by atoms with Gasteiger partial charge < -0.3 is 25.6 Å². The highest BCUT2D eigenvalue weighted by molar-refractivity contribution is 6.30. The number of hydrogen-bond acceptors (Lipinski definition) is 5. The van der Waals surface area contributed by atoms with Gasteiger partial charge in [-0.2, -0.15) is 5.26 Å². The smallest absolute Gasteiger partial charge is 0.322 e. The van der Waals surface area contributed by atoms with Crippen LogP contribution in [0.1, 0.15) is 48.8 Å². The first kappa shape index (κ1) is 30.5. The maximum Gasteiger partial charge on any atom is 0.322 e. The van der Waals surface area contributed by atoms with Crippen LogP contribution in [0.15, 0.2) is 66.7 Å². The molecule has 1 unspecified atom stereocenters. The predicted molar refractivity (Wildman–Crippen MR) is 164 cm³/mol. The Morgan fingerprint density at radius 2 is 1.84 bits per heavy atom. The summed E-state index contributed by atoms with van der Waals surface area (Å²) in [6, 6.07) is 19.7. The number of nitrogens with zero attached hydrogens (tertiary/aromatic N) is 2. The van der Waals surface area contributed by atoms with Crippen molar-refractivity contribution in [2.24, 2.45) is 5.92 Å². The number of rotatable bonds is 10. The molecule has 8 nitrogen and oxygen atoms in total. The third kappa shape index (κ3) is 6.83. The molecule has 3 amide bonds. The molecule has 43 heavy (non-hydrogen) atoms. The highest BCUT2D eigenvalue weighted by Gasteiger charge is 2.41. The molecule has 1 heterocycles. The van der Waals surface area contributed by atoms with E-state index in [-0.39, 0.29) is 24.8 Å². The minimum absolute atomic E-state index is 0.0175. The average molecular weight is 604 g/mol. The molecule has 0 bridgehead atoms. The third-order valence-corrected chi connectivity index (χ3v) is 8.76. The second kappa shape index (κ2) is 13.1. The van der Waals surface area contributed by atoms with Crippen molar-refractivity contribution in [3.63, 3.8) is 0 Å². The van der Waals surface area contributed by atoms with Crippen LogP contribution in [0.3, 0.4) is 0 Å². The van der Waals surface area contributed by atoms with Crippen LogP contribution in [0.4, 0.5) is 20.6 Å². The topological polar surface area (TPSA) is 106 Å². The van der Waals surface area contributed by atoms with Gasteiger partial charge in [-0.05, 0) is 85.5 Å². The summed E-state index contributed by atoms with van der Waals surface area (Å²) in [5.74, 6) is -0.456. The summed E-state index contributed by atoms with van der Waals surface area (Å²) in [6.07, 6.45) is 3.99. The van der Waals surface area contributed by atoms with E-state index in [1.807, 2.05) is 25.2 Å². The third-order valence-electron chi connectivity index (χ3n) is 8.51. The van der Waals surface area contributed by atoms with Gasteiger partial charge in [0.15, 0.2) is 0 Å². The van der Waals surface area contributed by atoms with E-state index >= 15 is 4.39 Å². The fraction of sp³-hybridized carbons (Fsp3) is 0.364. The quantitative estimate of drug-likeness (QED) is 0.253. The van der Waals surface area contributed by atoms with Crippen LogP contribution in [-0.2, 0) is 15.1 Å².